The zero-order valence-corrected chi connectivity index (χ0v) is 17.9. The number of ether oxygens (including phenoxy) is 2. The van der Waals surface area contributed by atoms with Crippen molar-refractivity contribution in [2.24, 2.45) is 0 Å². The second kappa shape index (κ2) is 9.25. The van der Waals surface area contributed by atoms with Gasteiger partial charge in [0.05, 0.1) is 23.8 Å². The van der Waals surface area contributed by atoms with Crippen molar-refractivity contribution in [1.29, 1.82) is 0 Å². The first-order valence-corrected chi connectivity index (χ1v) is 11.1. The number of carbonyl (C=O) groups excluding carboxylic acids is 2. The number of likely N-dealkylation sites (N-methyl/N-ethyl adjacent to an activating group) is 1. The summed E-state index contributed by atoms with van der Waals surface area (Å²) in [6.45, 7) is 4.04. The van der Waals surface area contributed by atoms with E-state index in [1.807, 2.05) is 6.92 Å². The first kappa shape index (κ1) is 21.8. The van der Waals surface area contributed by atoms with E-state index in [0.717, 1.165) is 6.42 Å². The quantitative estimate of drug-likeness (QED) is 0.640. The molecule has 2 heterocycles. The van der Waals surface area contributed by atoms with Crippen molar-refractivity contribution in [3.63, 3.8) is 0 Å². The number of Topliss-reactive ketones (excluding diaryl/α,β-unsaturated/α-hetero) is 1. The van der Waals surface area contributed by atoms with Gasteiger partial charge in [0.1, 0.15) is 5.75 Å². The molecule has 2 atom stereocenters. The summed E-state index contributed by atoms with van der Waals surface area (Å²) < 4.78 is 23.3. The minimum Gasteiger partial charge on any atom is -0.488 e. The summed E-state index contributed by atoms with van der Waals surface area (Å²) in [6, 6.07) is 6.14. The number of benzene rings is 1. The molecule has 1 aliphatic rings. The minimum atomic E-state index is -1.52. The molecule has 3 rings (SSSR count). The Bertz CT molecular complexity index is 1050. The van der Waals surface area contributed by atoms with E-state index in [4.69, 9.17) is 9.47 Å². The van der Waals surface area contributed by atoms with Crippen LogP contribution in [0.25, 0.3) is 0 Å². The lowest BCUT2D eigenvalue weighted by molar-refractivity contribution is -0.125. The molecule has 0 fully saturated rings. The summed E-state index contributed by atoms with van der Waals surface area (Å²) in [4.78, 5) is 41.1. The highest BCUT2D eigenvalue weighted by atomic mass is 32.2. The van der Waals surface area contributed by atoms with Gasteiger partial charge in [-0.15, -0.1) is 0 Å². The number of aromatic nitrogens is 1. The molecule has 0 saturated carbocycles. The van der Waals surface area contributed by atoms with Crippen LogP contribution in [0.1, 0.15) is 36.3 Å². The largest absolute Gasteiger partial charge is 0.488 e. The zero-order valence-electron chi connectivity index (χ0n) is 17.1. The fourth-order valence-corrected chi connectivity index (χ4v) is 4.12. The maximum atomic E-state index is 12.6. The van der Waals surface area contributed by atoms with Crippen molar-refractivity contribution in [2.45, 2.75) is 32.1 Å². The van der Waals surface area contributed by atoms with Crippen LogP contribution < -0.4 is 19.8 Å². The summed E-state index contributed by atoms with van der Waals surface area (Å²) in [5.41, 5.74) is 1.02. The molecule has 0 aliphatic carbocycles. The monoisotopic (exact) mass is 432 g/mol. The van der Waals surface area contributed by atoms with E-state index in [-0.39, 0.29) is 34.4 Å². The standard InChI is InChI=1S/C21H24N2O6S/c1-4-7-28-20-10-22-15(9-17(20)24)11-30(27)12-18(25)14-5-6-19-16(8-14)23(3)21(26)13(2)29-19/h5-6,8-10,13H,4,7,11-12H2,1-3H3,(H,22,24). The van der Waals surface area contributed by atoms with Gasteiger partial charge in [0.25, 0.3) is 5.91 Å². The van der Waals surface area contributed by atoms with E-state index in [0.29, 0.717) is 29.3 Å². The lowest BCUT2D eigenvalue weighted by Gasteiger charge is -2.30. The van der Waals surface area contributed by atoms with E-state index >= 15 is 0 Å². The third-order valence-electron chi connectivity index (χ3n) is 4.63. The first-order chi connectivity index (χ1) is 14.3. The predicted octanol–water partition coefficient (Wildman–Crippen LogP) is 2.04. The molecule has 30 heavy (non-hydrogen) atoms. The predicted molar refractivity (Wildman–Crippen MR) is 114 cm³/mol. The number of fused-ring (bicyclic) bond motifs is 1. The smallest absolute Gasteiger partial charge is 0.267 e. The van der Waals surface area contributed by atoms with Crippen LogP contribution in [0.4, 0.5) is 5.69 Å². The van der Waals surface area contributed by atoms with Crippen molar-refractivity contribution in [3.8, 4) is 11.5 Å². The third kappa shape index (κ3) is 4.79. The number of amides is 1. The van der Waals surface area contributed by atoms with Gasteiger partial charge in [0.15, 0.2) is 17.6 Å². The Hall–Kier alpha value is -2.94. The Kier molecular flexibility index (Phi) is 6.71. The molecule has 1 N–H and O–H groups in total. The molecule has 1 aromatic carbocycles. The number of H-pyrrole nitrogens is 1. The number of nitrogens with zero attached hydrogens (tertiary/aromatic N) is 1. The highest BCUT2D eigenvalue weighted by Gasteiger charge is 2.29. The summed E-state index contributed by atoms with van der Waals surface area (Å²) >= 11 is 0. The maximum Gasteiger partial charge on any atom is 0.267 e. The molecule has 0 saturated heterocycles. The van der Waals surface area contributed by atoms with Gasteiger partial charge in [-0.2, -0.15) is 0 Å². The fraction of sp³-hybridized carbons (Fsp3) is 0.381. The number of anilines is 1. The Morgan fingerprint density at radius 3 is 2.77 bits per heavy atom. The van der Waals surface area contributed by atoms with E-state index in [9.17, 15) is 18.6 Å². The Balaban J connectivity index is 1.66. The van der Waals surface area contributed by atoms with Crippen LogP contribution in [0.15, 0.2) is 35.3 Å². The molecule has 1 amide bonds. The second-order valence-electron chi connectivity index (χ2n) is 7.03. The molecule has 2 aromatic rings. The Morgan fingerprint density at radius 1 is 1.30 bits per heavy atom. The Labute approximate surface area is 176 Å². The number of carbonyl (C=O) groups is 2. The second-order valence-corrected chi connectivity index (χ2v) is 8.48. The van der Waals surface area contributed by atoms with Gasteiger partial charge in [-0.25, -0.2) is 0 Å². The fourth-order valence-electron chi connectivity index (χ4n) is 3.05. The molecule has 9 heteroatoms. The topological polar surface area (TPSA) is 106 Å². The van der Waals surface area contributed by atoms with Crippen LogP contribution in [0.3, 0.4) is 0 Å². The van der Waals surface area contributed by atoms with Crippen molar-refractivity contribution in [3.05, 3.63) is 51.9 Å². The number of nitrogens with one attached hydrogen (secondary N) is 1. The highest BCUT2D eigenvalue weighted by Crippen LogP contribution is 2.34. The molecule has 1 aliphatic heterocycles. The molecule has 2 unspecified atom stereocenters. The highest BCUT2D eigenvalue weighted by molar-refractivity contribution is 7.85. The van der Waals surface area contributed by atoms with Crippen LogP contribution >= 0.6 is 0 Å². The molecule has 1 aromatic heterocycles. The van der Waals surface area contributed by atoms with Crippen LogP contribution in [-0.4, -0.2) is 46.4 Å². The van der Waals surface area contributed by atoms with Crippen LogP contribution in [0.2, 0.25) is 0 Å². The Morgan fingerprint density at radius 2 is 2.07 bits per heavy atom. The van der Waals surface area contributed by atoms with Crippen molar-refractivity contribution in [2.75, 3.05) is 24.3 Å². The number of ketones is 1. The average Bonchev–Trinajstić information content (AvgIpc) is 2.71. The zero-order chi connectivity index (χ0) is 21.8. The van der Waals surface area contributed by atoms with Crippen LogP contribution in [0.5, 0.6) is 11.5 Å². The molecular weight excluding hydrogens is 408 g/mol. The van der Waals surface area contributed by atoms with Crippen molar-refractivity contribution in [1.82, 2.24) is 4.98 Å². The van der Waals surface area contributed by atoms with Crippen molar-refractivity contribution < 1.29 is 23.3 Å². The van der Waals surface area contributed by atoms with E-state index < -0.39 is 16.9 Å². The van der Waals surface area contributed by atoms with Crippen LogP contribution in [-0.2, 0) is 21.3 Å². The molecule has 8 nitrogen and oxygen atoms in total. The van der Waals surface area contributed by atoms with Gasteiger partial charge in [-0.3, -0.25) is 18.6 Å². The van der Waals surface area contributed by atoms with E-state index in [1.165, 1.54) is 17.2 Å². The molecular formula is C21H24N2O6S. The van der Waals surface area contributed by atoms with Crippen LogP contribution in [0, 0.1) is 0 Å². The lowest BCUT2D eigenvalue weighted by atomic mass is 10.1. The van der Waals surface area contributed by atoms with E-state index in [1.54, 1.807) is 32.2 Å². The minimum absolute atomic E-state index is 0.0407. The van der Waals surface area contributed by atoms with Gasteiger partial charge >= 0.3 is 0 Å². The number of rotatable bonds is 8. The van der Waals surface area contributed by atoms with E-state index in [2.05, 4.69) is 4.98 Å². The summed E-state index contributed by atoms with van der Waals surface area (Å²) in [7, 11) is 0.105. The van der Waals surface area contributed by atoms with Gasteiger partial charge in [-0.05, 0) is 31.5 Å². The molecule has 0 radical (unpaired) electrons. The summed E-state index contributed by atoms with van der Waals surface area (Å²) in [6.07, 6.45) is 1.65. The lowest BCUT2D eigenvalue weighted by Crippen LogP contribution is -2.42. The van der Waals surface area contributed by atoms with Gasteiger partial charge in [0.2, 0.25) is 5.43 Å². The third-order valence-corrected chi connectivity index (χ3v) is 5.85. The molecule has 0 spiro atoms. The van der Waals surface area contributed by atoms with Gasteiger partial charge in [0, 0.05) is 41.4 Å². The molecule has 0 bridgehead atoms. The number of hydrogen-bond acceptors (Lipinski definition) is 6. The molecule has 160 valence electrons. The SMILES string of the molecule is CCCOc1c[nH]c(CS(=O)CC(=O)c2ccc3c(c2)N(C)C(=O)C(C)O3)cc1=O. The van der Waals surface area contributed by atoms with Gasteiger partial charge in [-0.1, -0.05) is 6.92 Å². The summed E-state index contributed by atoms with van der Waals surface area (Å²) in [5, 5.41) is 0. The normalized spacial score (nSPS) is 16.6. The number of hydrogen-bond donors (Lipinski definition) is 1. The number of aromatic amines is 1. The maximum absolute atomic E-state index is 12.6. The average molecular weight is 432 g/mol. The summed E-state index contributed by atoms with van der Waals surface area (Å²) in [5.74, 6) is 0.0480. The van der Waals surface area contributed by atoms with Crippen molar-refractivity contribution >= 4 is 28.2 Å². The number of pyridine rings is 1. The first-order valence-electron chi connectivity index (χ1n) is 9.61. The van der Waals surface area contributed by atoms with Gasteiger partial charge < -0.3 is 19.4 Å².